The Balaban J connectivity index is 2.48. The van der Waals surface area contributed by atoms with Crippen LogP contribution in [0.3, 0.4) is 0 Å². The molecule has 1 aromatic heterocycles. The summed E-state index contributed by atoms with van der Waals surface area (Å²) in [6.45, 7) is 4.70. The zero-order valence-corrected chi connectivity index (χ0v) is 12.5. The maximum Gasteiger partial charge on any atom is 0.323 e. The van der Waals surface area contributed by atoms with Crippen molar-refractivity contribution >= 4 is 22.6 Å². The number of aliphatic carboxylic acids is 1. The van der Waals surface area contributed by atoms with Crippen LogP contribution in [0.25, 0.3) is 10.8 Å². The summed E-state index contributed by atoms with van der Waals surface area (Å²) in [6, 6.07) is 7.61. The molecule has 0 saturated carbocycles. The summed E-state index contributed by atoms with van der Waals surface area (Å²) in [7, 11) is 1.62. The maximum absolute atomic E-state index is 11.1. The van der Waals surface area contributed by atoms with Gasteiger partial charge in [0.2, 0.25) is 0 Å². The molecule has 0 amide bonds. The van der Waals surface area contributed by atoms with Crippen LogP contribution in [0.15, 0.2) is 30.5 Å². The largest absolute Gasteiger partial charge is 0.497 e. The van der Waals surface area contributed by atoms with Crippen LogP contribution in [-0.2, 0) is 4.79 Å². The first-order valence-corrected chi connectivity index (χ1v) is 6.90. The molecule has 2 rings (SSSR count). The van der Waals surface area contributed by atoms with Gasteiger partial charge in [-0.1, -0.05) is 13.8 Å². The number of hydrogen-bond acceptors (Lipinski definition) is 4. The van der Waals surface area contributed by atoms with Crippen molar-refractivity contribution in [2.45, 2.75) is 13.8 Å². The summed E-state index contributed by atoms with van der Waals surface area (Å²) in [4.78, 5) is 17.3. The van der Waals surface area contributed by atoms with Crippen molar-refractivity contribution in [2.75, 3.05) is 25.1 Å². The van der Waals surface area contributed by atoms with E-state index in [9.17, 15) is 4.79 Å². The van der Waals surface area contributed by atoms with E-state index in [4.69, 9.17) is 9.84 Å². The third-order valence-corrected chi connectivity index (χ3v) is 3.16. The molecule has 1 heterocycles. The van der Waals surface area contributed by atoms with Crippen LogP contribution in [0.4, 0.5) is 5.82 Å². The predicted molar refractivity (Wildman–Crippen MR) is 83.0 cm³/mol. The summed E-state index contributed by atoms with van der Waals surface area (Å²) in [5, 5.41) is 11.0. The highest BCUT2D eigenvalue weighted by molar-refractivity contribution is 5.94. The summed E-state index contributed by atoms with van der Waals surface area (Å²) in [5.74, 6) is 0.960. The van der Waals surface area contributed by atoms with Crippen molar-refractivity contribution in [1.82, 2.24) is 4.98 Å². The first-order chi connectivity index (χ1) is 10.0. The van der Waals surface area contributed by atoms with Crippen LogP contribution < -0.4 is 9.64 Å². The standard InChI is InChI=1S/C16H20N2O3/c1-11(2)9-18(10-15(19)20)16-14-5-4-13(21-3)8-12(14)6-7-17-16/h4-8,11H,9-10H2,1-3H3,(H,19,20). The van der Waals surface area contributed by atoms with E-state index < -0.39 is 5.97 Å². The van der Waals surface area contributed by atoms with E-state index in [1.165, 1.54) is 0 Å². The summed E-state index contributed by atoms with van der Waals surface area (Å²) in [6.07, 6.45) is 1.70. The summed E-state index contributed by atoms with van der Waals surface area (Å²) in [5.41, 5.74) is 0. The SMILES string of the molecule is COc1ccc2c(N(CC(=O)O)CC(C)C)nccc2c1. The Hall–Kier alpha value is -2.30. The van der Waals surface area contributed by atoms with Gasteiger partial charge in [-0.15, -0.1) is 0 Å². The third-order valence-electron chi connectivity index (χ3n) is 3.16. The Morgan fingerprint density at radius 1 is 1.38 bits per heavy atom. The zero-order chi connectivity index (χ0) is 15.4. The Kier molecular flexibility index (Phi) is 4.62. The Morgan fingerprint density at radius 3 is 2.76 bits per heavy atom. The van der Waals surface area contributed by atoms with Gasteiger partial charge in [0.1, 0.15) is 18.1 Å². The van der Waals surface area contributed by atoms with E-state index in [1.807, 2.05) is 29.2 Å². The monoisotopic (exact) mass is 288 g/mol. The number of carboxylic acids is 1. The van der Waals surface area contributed by atoms with Crippen molar-refractivity contribution in [1.29, 1.82) is 0 Å². The number of methoxy groups -OCH3 is 1. The Morgan fingerprint density at radius 2 is 2.14 bits per heavy atom. The number of ether oxygens (including phenoxy) is 1. The molecule has 0 saturated heterocycles. The molecular formula is C16H20N2O3. The van der Waals surface area contributed by atoms with Gasteiger partial charge in [0.05, 0.1) is 7.11 Å². The van der Waals surface area contributed by atoms with E-state index in [0.717, 1.165) is 16.5 Å². The van der Waals surface area contributed by atoms with E-state index in [0.29, 0.717) is 18.3 Å². The predicted octanol–water partition coefficient (Wildman–Crippen LogP) is 2.79. The number of aromatic nitrogens is 1. The second-order valence-electron chi connectivity index (χ2n) is 5.39. The number of hydrogen-bond donors (Lipinski definition) is 1. The average Bonchev–Trinajstić information content (AvgIpc) is 2.44. The fourth-order valence-electron chi connectivity index (χ4n) is 2.35. The van der Waals surface area contributed by atoms with Gasteiger partial charge in [0, 0.05) is 18.1 Å². The lowest BCUT2D eigenvalue weighted by Crippen LogP contribution is -2.33. The number of rotatable bonds is 6. The van der Waals surface area contributed by atoms with Gasteiger partial charge < -0.3 is 14.7 Å². The van der Waals surface area contributed by atoms with Gasteiger partial charge in [-0.3, -0.25) is 4.79 Å². The molecule has 0 fully saturated rings. The van der Waals surface area contributed by atoms with Gasteiger partial charge >= 0.3 is 5.97 Å². The van der Waals surface area contributed by atoms with Crippen LogP contribution in [-0.4, -0.2) is 36.3 Å². The molecule has 0 atom stereocenters. The third kappa shape index (κ3) is 3.62. The number of benzene rings is 1. The highest BCUT2D eigenvalue weighted by Gasteiger charge is 2.16. The van der Waals surface area contributed by atoms with Crippen LogP contribution in [0.5, 0.6) is 5.75 Å². The fraction of sp³-hybridized carbons (Fsp3) is 0.375. The highest BCUT2D eigenvalue weighted by atomic mass is 16.5. The van der Waals surface area contributed by atoms with Crippen LogP contribution >= 0.6 is 0 Å². The molecule has 112 valence electrons. The maximum atomic E-state index is 11.1. The molecule has 0 aliphatic carbocycles. The smallest absolute Gasteiger partial charge is 0.323 e. The van der Waals surface area contributed by atoms with E-state index >= 15 is 0 Å². The second-order valence-corrected chi connectivity index (χ2v) is 5.39. The lowest BCUT2D eigenvalue weighted by molar-refractivity contribution is -0.135. The lowest BCUT2D eigenvalue weighted by Gasteiger charge is -2.25. The van der Waals surface area contributed by atoms with E-state index in [1.54, 1.807) is 13.3 Å². The van der Waals surface area contributed by atoms with Gasteiger partial charge in [-0.25, -0.2) is 4.98 Å². The first kappa shape index (κ1) is 15.1. The highest BCUT2D eigenvalue weighted by Crippen LogP contribution is 2.28. The van der Waals surface area contributed by atoms with Gasteiger partial charge in [0.25, 0.3) is 0 Å². The van der Waals surface area contributed by atoms with Crippen molar-refractivity contribution in [3.05, 3.63) is 30.5 Å². The molecule has 2 aromatic rings. The molecule has 5 nitrogen and oxygen atoms in total. The van der Waals surface area contributed by atoms with Crippen molar-refractivity contribution in [3.8, 4) is 5.75 Å². The topological polar surface area (TPSA) is 62.7 Å². The van der Waals surface area contributed by atoms with Crippen LogP contribution in [0.2, 0.25) is 0 Å². The van der Waals surface area contributed by atoms with E-state index in [2.05, 4.69) is 18.8 Å². The van der Waals surface area contributed by atoms with Crippen molar-refractivity contribution < 1.29 is 14.6 Å². The molecule has 0 aliphatic rings. The normalized spacial score (nSPS) is 10.9. The number of carboxylic acid groups (broad SMARTS) is 1. The second kappa shape index (κ2) is 6.43. The minimum atomic E-state index is -0.858. The summed E-state index contributed by atoms with van der Waals surface area (Å²) >= 11 is 0. The molecule has 0 bridgehead atoms. The van der Waals surface area contributed by atoms with Crippen molar-refractivity contribution in [3.63, 3.8) is 0 Å². The van der Waals surface area contributed by atoms with Gasteiger partial charge in [-0.05, 0) is 35.6 Å². The van der Waals surface area contributed by atoms with E-state index in [-0.39, 0.29) is 6.54 Å². The van der Waals surface area contributed by atoms with Crippen LogP contribution in [0.1, 0.15) is 13.8 Å². The molecule has 1 N–H and O–H groups in total. The molecule has 0 spiro atoms. The summed E-state index contributed by atoms with van der Waals surface area (Å²) < 4.78 is 5.22. The minimum absolute atomic E-state index is 0.0592. The van der Waals surface area contributed by atoms with Crippen LogP contribution in [0, 0.1) is 5.92 Å². The minimum Gasteiger partial charge on any atom is -0.497 e. The molecule has 0 radical (unpaired) electrons. The molecular weight excluding hydrogens is 268 g/mol. The van der Waals surface area contributed by atoms with Crippen molar-refractivity contribution in [2.24, 2.45) is 5.92 Å². The zero-order valence-electron chi connectivity index (χ0n) is 12.5. The lowest BCUT2D eigenvalue weighted by atomic mass is 10.1. The Bertz CT molecular complexity index is 640. The first-order valence-electron chi connectivity index (χ1n) is 6.90. The number of carbonyl (C=O) groups is 1. The molecule has 0 aliphatic heterocycles. The molecule has 21 heavy (non-hydrogen) atoms. The number of nitrogens with zero attached hydrogens (tertiary/aromatic N) is 2. The van der Waals surface area contributed by atoms with Gasteiger partial charge in [-0.2, -0.15) is 0 Å². The number of fused-ring (bicyclic) bond motifs is 1. The Labute approximate surface area is 124 Å². The molecule has 5 heteroatoms. The molecule has 0 unspecified atom stereocenters. The average molecular weight is 288 g/mol. The van der Waals surface area contributed by atoms with Gasteiger partial charge in [0.15, 0.2) is 0 Å². The fourth-order valence-corrected chi connectivity index (χ4v) is 2.35. The number of pyridine rings is 1. The quantitative estimate of drug-likeness (QED) is 0.885. The molecule has 1 aromatic carbocycles. The number of anilines is 1.